The molecule has 0 bridgehead atoms. The predicted molar refractivity (Wildman–Crippen MR) is 83.4 cm³/mol. The van der Waals surface area contributed by atoms with Crippen LogP contribution >= 0.6 is 15.9 Å². The van der Waals surface area contributed by atoms with E-state index < -0.39 is 4.92 Å². The normalized spacial score (nSPS) is 18.3. The Labute approximate surface area is 132 Å². The first-order valence-corrected chi connectivity index (χ1v) is 7.59. The first kappa shape index (κ1) is 15.9. The number of hydrogen-bond donors (Lipinski definition) is 0. The fraction of sp³-hybridized carbons (Fsp3) is 0.500. The van der Waals surface area contributed by atoms with Crippen molar-refractivity contribution in [2.24, 2.45) is 0 Å². The molecule has 0 saturated carbocycles. The van der Waals surface area contributed by atoms with Gasteiger partial charge in [0.1, 0.15) is 4.47 Å². The molecule has 21 heavy (non-hydrogen) atoms. The SMILES string of the molecule is CN(C)CC1CCCN1C(=O)c1cccc([N+](=O)[O-])c1Br. The summed E-state index contributed by atoms with van der Waals surface area (Å²) in [4.78, 5) is 27.1. The number of amides is 1. The second-order valence-electron chi connectivity index (χ2n) is 5.45. The molecule has 2 rings (SSSR count). The first-order valence-electron chi connectivity index (χ1n) is 6.80. The van der Waals surface area contributed by atoms with E-state index >= 15 is 0 Å². The van der Waals surface area contributed by atoms with E-state index in [-0.39, 0.29) is 22.1 Å². The molecule has 114 valence electrons. The van der Waals surface area contributed by atoms with Gasteiger partial charge >= 0.3 is 0 Å². The third kappa shape index (κ3) is 3.41. The Bertz CT molecular complexity index is 562. The van der Waals surface area contributed by atoms with Crippen molar-refractivity contribution < 1.29 is 9.72 Å². The fourth-order valence-corrected chi connectivity index (χ4v) is 3.27. The molecule has 1 unspecified atom stereocenters. The summed E-state index contributed by atoms with van der Waals surface area (Å²) in [6.45, 7) is 1.50. The van der Waals surface area contributed by atoms with Gasteiger partial charge in [0.05, 0.1) is 10.5 Å². The van der Waals surface area contributed by atoms with Crippen molar-refractivity contribution in [3.05, 3.63) is 38.3 Å². The molecule has 1 aliphatic heterocycles. The number of likely N-dealkylation sites (tertiary alicyclic amines) is 1. The molecule has 1 fully saturated rings. The van der Waals surface area contributed by atoms with Crippen molar-refractivity contribution in [3.63, 3.8) is 0 Å². The molecular weight excluding hydrogens is 338 g/mol. The van der Waals surface area contributed by atoms with E-state index in [4.69, 9.17) is 0 Å². The van der Waals surface area contributed by atoms with Gasteiger partial charge in [-0.1, -0.05) is 6.07 Å². The van der Waals surface area contributed by atoms with Gasteiger partial charge < -0.3 is 9.80 Å². The van der Waals surface area contributed by atoms with E-state index in [2.05, 4.69) is 20.8 Å². The molecular formula is C14H18BrN3O3. The third-order valence-electron chi connectivity index (χ3n) is 3.62. The Morgan fingerprint density at radius 3 is 2.86 bits per heavy atom. The summed E-state index contributed by atoms with van der Waals surface area (Å²) < 4.78 is 0.260. The monoisotopic (exact) mass is 355 g/mol. The topological polar surface area (TPSA) is 66.7 Å². The van der Waals surface area contributed by atoms with Gasteiger partial charge in [0, 0.05) is 25.2 Å². The smallest absolute Gasteiger partial charge is 0.284 e. The van der Waals surface area contributed by atoms with Crippen LogP contribution in [0, 0.1) is 10.1 Å². The van der Waals surface area contributed by atoms with Gasteiger partial charge in [0.15, 0.2) is 0 Å². The maximum absolute atomic E-state index is 12.7. The van der Waals surface area contributed by atoms with Crippen molar-refractivity contribution in [2.45, 2.75) is 18.9 Å². The number of hydrogen-bond acceptors (Lipinski definition) is 4. The largest absolute Gasteiger partial charge is 0.334 e. The number of rotatable bonds is 4. The van der Waals surface area contributed by atoms with Crippen LogP contribution in [0.25, 0.3) is 0 Å². The molecule has 0 aliphatic carbocycles. The number of likely N-dealkylation sites (N-methyl/N-ethyl adjacent to an activating group) is 1. The Balaban J connectivity index is 2.27. The second-order valence-corrected chi connectivity index (χ2v) is 6.25. The van der Waals surface area contributed by atoms with E-state index in [0.717, 1.165) is 19.4 Å². The lowest BCUT2D eigenvalue weighted by atomic mass is 10.1. The number of carbonyl (C=O) groups excluding carboxylic acids is 1. The van der Waals surface area contributed by atoms with Crippen LogP contribution in [0.1, 0.15) is 23.2 Å². The van der Waals surface area contributed by atoms with Crippen molar-refractivity contribution >= 4 is 27.5 Å². The van der Waals surface area contributed by atoms with E-state index in [0.29, 0.717) is 12.1 Å². The third-order valence-corrected chi connectivity index (χ3v) is 4.45. The first-order chi connectivity index (χ1) is 9.91. The summed E-state index contributed by atoms with van der Waals surface area (Å²) in [7, 11) is 3.95. The number of halogens is 1. The van der Waals surface area contributed by atoms with Crippen LogP contribution in [0.3, 0.4) is 0 Å². The molecule has 6 nitrogen and oxygen atoms in total. The Kier molecular flexibility index (Phi) is 4.95. The van der Waals surface area contributed by atoms with Crippen LogP contribution < -0.4 is 0 Å². The van der Waals surface area contributed by atoms with Gasteiger partial charge in [0.2, 0.25) is 0 Å². The van der Waals surface area contributed by atoms with Crippen LogP contribution in [0.5, 0.6) is 0 Å². The molecule has 1 aliphatic rings. The molecule has 1 saturated heterocycles. The highest BCUT2D eigenvalue weighted by Gasteiger charge is 2.31. The van der Waals surface area contributed by atoms with Crippen molar-refractivity contribution in [1.29, 1.82) is 0 Å². The summed E-state index contributed by atoms with van der Waals surface area (Å²) in [5.74, 6) is -0.144. The van der Waals surface area contributed by atoms with Gasteiger partial charge in [-0.15, -0.1) is 0 Å². The zero-order valence-electron chi connectivity index (χ0n) is 12.1. The summed E-state index contributed by atoms with van der Waals surface area (Å²) in [6.07, 6.45) is 1.94. The van der Waals surface area contributed by atoms with Crippen LogP contribution in [-0.4, -0.2) is 53.9 Å². The zero-order valence-corrected chi connectivity index (χ0v) is 13.7. The highest BCUT2D eigenvalue weighted by molar-refractivity contribution is 9.10. The Morgan fingerprint density at radius 1 is 1.52 bits per heavy atom. The van der Waals surface area contributed by atoms with E-state index in [1.807, 2.05) is 19.0 Å². The molecule has 0 radical (unpaired) electrons. The molecule has 0 aromatic heterocycles. The minimum Gasteiger partial charge on any atom is -0.334 e. The lowest BCUT2D eigenvalue weighted by molar-refractivity contribution is -0.385. The van der Waals surface area contributed by atoms with Crippen LogP contribution in [0.4, 0.5) is 5.69 Å². The predicted octanol–water partition coefficient (Wildman–Crippen LogP) is 2.52. The molecule has 1 aromatic carbocycles. The Hall–Kier alpha value is -1.47. The number of nitro groups is 1. The average Bonchev–Trinajstić information content (AvgIpc) is 2.85. The van der Waals surface area contributed by atoms with Gasteiger partial charge in [-0.25, -0.2) is 0 Å². The van der Waals surface area contributed by atoms with Crippen LogP contribution in [0.15, 0.2) is 22.7 Å². The van der Waals surface area contributed by atoms with Crippen LogP contribution in [0.2, 0.25) is 0 Å². The summed E-state index contributed by atoms with van der Waals surface area (Å²) in [5.41, 5.74) is 0.277. The molecule has 0 N–H and O–H groups in total. The van der Waals surface area contributed by atoms with Crippen molar-refractivity contribution in [3.8, 4) is 0 Å². The lowest BCUT2D eigenvalue weighted by Gasteiger charge is -2.27. The highest BCUT2D eigenvalue weighted by atomic mass is 79.9. The maximum atomic E-state index is 12.7. The number of benzene rings is 1. The summed E-state index contributed by atoms with van der Waals surface area (Å²) in [6, 6.07) is 4.73. The van der Waals surface area contributed by atoms with Gasteiger partial charge in [-0.2, -0.15) is 0 Å². The lowest BCUT2D eigenvalue weighted by Crippen LogP contribution is -2.41. The minimum absolute atomic E-state index is 0.0794. The molecule has 0 spiro atoms. The van der Waals surface area contributed by atoms with Gasteiger partial charge in [-0.3, -0.25) is 14.9 Å². The fourth-order valence-electron chi connectivity index (χ4n) is 2.70. The van der Waals surface area contributed by atoms with E-state index in [1.54, 1.807) is 12.1 Å². The minimum atomic E-state index is -0.484. The molecule has 1 amide bonds. The standard InChI is InChI=1S/C14H18BrN3O3/c1-16(2)9-10-5-4-8-17(10)14(19)11-6-3-7-12(13(11)15)18(20)21/h3,6-7,10H,4-5,8-9H2,1-2H3. The van der Waals surface area contributed by atoms with Crippen molar-refractivity contribution in [1.82, 2.24) is 9.80 Å². The second kappa shape index (κ2) is 6.53. The van der Waals surface area contributed by atoms with E-state index in [9.17, 15) is 14.9 Å². The van der Waals surface area contributed by atoms with Gasteiger partial charge in [-0.05, 0) is 48.9 Å². The molecule has 1 atom stereocenters. The van der Waals surface area contributed by atoms with E-state index in [1.165, 1.54) is 6.07 Å². The summed E-state index contributed by atoms with van der Waals surface area (Å²) in [5, 5.41) is 11.0. The molecule has 1 aromatic rings. The quantitative estimate of drug-likeness (QED) is 0.614. The molecule has 1 heterocycles. The van der Waals surface area contributed by atoms with Gasteiger partial charge in [0.25, 0.3) is 11.6 Å². The number of nitrogens with zero attached hydrogens (tertiary/aromatic N) is 3. The number of nitro benzene ring substituents is 1. The zero-order chi connectivity index (χ0) is 15.6. The molecule has 7 heteroatoms. The summed E-state index contributed by atoms with van der Waals surface area (Å²) >= 11 is 3.20. The Morgan fingerprint density at radius 2 is 2.24 bits per heavy atom. The average molecular weight is 356 g/mol. The number of carbonyl (C=O) groups is 1. The van der Waals surface area contributed by atoms with Crippen LogP contribution in [-0.2, 0) is 0 Å². The highest BCUT2D eigenvalue weighted by Crippen LogP contribution is 2.31. The van der Waals surface area contributed by atoms with Crippen molar-refractivity contribution in [2.75, 3.05) is 27.2 Å². The maximum Gasteiger partial charge on any atom is 0.284 e.